The Morgan fingerprint density at radius 1 is 1.53 bits per heavy atom. The number of pyridine rings is 1. The van der Waals surface area contributed by atoms with E-state index in [2.05, 4.69) is 18.8 Å². The first-order valence-electron chi connectivity index (χ1n) is 4.86. The molecule has 4 nitrogen and oxygen atoms in total. The van der Waals surface area contributed by atoms with Crippen molar-refractivity contribution in [3.05, 3.63) is 30.1 Å². The molecule has 1 amide bonds. The predicted molar refractivity (Wildman–Crippen MR) is 58.6 cm³/mol. The molecule has 0 unspecified atom stereocenters. The van der Waals surface area contributed by atoms with Crippen LogP contribution >= 0.6 is 0 Å². The lowest BCUT2D eigenvalue weighted by atomic mass is 10.2. The fraction of sp³-hybridized carbons (Fsp3) is 0.273. The summed E-state index contributed by atoms with van der Waals surface area (Å²) in [5.41, 5.74) is 7.41. The molecule has 2 aromatic heterocycles. The van der Waals surface area contributed by atoms with Crippen molar-refractivity contribution < 1.29 is 4.79 Å². The molecule has 2 N–H and O–H groups in total. The minimum absolute atomic E-state index is 0.282. The Morgan fingerprint density at radius 2 is 2.27 bits per heavy atom. The van der Waals surface area contributed by atoms with Crippen LogP contribution in [0, 0.1) is 0 Å². The Kier molecular flexibility index (Phi) is 2.19. The van der Waals surface area contributed by atoms with E-state index in [1.165, 1.54) is 0 Å². The van der Waals surface area contributed by atoms with E-state index in [1.807, 2.05) is 16.7 Å². The number of carbonyl (C=O) groups is 1. The van der Waals surface area contributed by atoms with Crippen LogP contribution in [0.15, 0.2) is 24.5 Å². The average molecular weight is 203 g/mol. The number of fused-ring (bicyclic) bond motifs is 1. The van der Waals surface area contributed by atoms with Gasteiger partial charge in [0.2, 0.25) is 0 Å². The van der Waals surface area contributed by atoms with Crippen molar-refractivity contribution in [1.82, 2.24) is 9.55 Å². The minimum Gasteiger partial charge on any atom is -0.365 e. The molecule has 2 aromatic rings. The number of aromatic nitrogens is 2. The lowest BCUT2D eigenvalue weighted by Gasteiger charge is -2.07. The van der Waals surface area contributed by atoms with Gasteiger partial charge in [0.1, 0.15) is 5.52 Å². The van der Waals surface area contributed by atoms with E-state index < -0.39 is 5.91 Å². The number of hydrogen-bond donors (Lipinski definition) is 1. The van der Waals surface area contributed by atoms with Crippen molar-refractivity contribution in [3.8, 4) is 0 Å². The Labute approximate surface area is 87.7 Å². The summed E-state index contributed by atoms with van der Waals surface area (Å²) in [5, 5.41) is 0. The summed E-state index contributed by atoms with van der Waals surface area (Å²) in [6.45, 7) is 4.11. The second-order valence-corrected chi connectivity index (χ2v) is 3.78. The number of nitrogens with zero attached hydrogens (tertiary/aromatic N) is 2. The quantitative estimate of drug-likeness (QED) is 0.807. The second-order valence-electron chi connectivity index (χ2n) is 3.78. The Hall–Kier alpha value is -1.84. The van der Waals surface area contributed by atoms with Crippen LogP contribution in [-0.2, 0) is 0 Å². The van der Waals surface area contributed by atoms with Gasteiger partial charge in [-0.05, 0) is 26.0 Å². The van der Waals surface area contributed by atoms with Crippen LogP contribution in [0.5, 0.6) is 0 Å². The minimum atomic E-state index is -0.432. The van der Waals surface area contributed by atoms with E-state index >= 15 is 0 Å². The molecule has 2 heterocycles. The third kappa shape index (κ3) is 1.48. The van der Waals surface area contributed by atoms with Crippen LogP contribution in [0.1, 0.15) is 30.2 Å². The normalized spacial score (nSPS) is 11.1. The van der Waals surface area contributed by atoms with Gasteiger partial charge in [-0.1, -0.05) is 0 Å². The summed E-state index contributed by atoms with van der Waals surface area (Å²) >= 11 is 0. The molecule has 0 spiro atoms. The molecule has 0 radical (unpaired) electrons. The Morgan fingerprint density at radius 3 is 2.87 bits per heavy atom. The highest BCUT2D eigenvalue weighted by molar-refractivity contribution is 6.04. The second kappa shape index (κ2) is 3.38. The highest BCUT2D eigenvalue weighted by Gasteiger charge is 2.14. The Bertz CT molecular complexity index is 514. The molecule has 0 aliphatic heterocycles. The molecule has 15 heavy (non-hydrogen) atoms. The van der Waals surface area contributed by atoms with Gasteiger partial charge in [0.05, 0.1) is 11.1 Å². The van der Waals surface area contributed by atoms with E-state index in [0.717, 1.165) is 5.52 Å². The van der Waals surface area contributed by atoms with Crippen LogP contribution in [0.25, 0.3) is 11.0 Å². The lowest BCUT2D eigenvalue weighted by molar-refractivity contribution is 0.100. The molecule has 4 heteroatoms. The molecule has 0 saturated heterocycles. The first-order valence-corrected chi connectivity index (χ1v) is 4.86. The number of primary amides is 1. The van der Waals surface area contributed by atoms with Crippen molar-refractivity contribution in [2.45, 2.75) is 19.9 Å². The summed E-state index contributed by atoms with van der Waals surface area (Å²) in [6, 6.07) is 4.07. The fourth-order valence-corrected chi connectivity index (χ4v) is 1.69. The highest BCUT2D eigenvalue weighted by Crippen LogP contribution is 2.22. The van der Waals surface area contributed by atoms with E-state index in [-0.39, 0.29) is 6.04 Å². The number of carbonyl (C=O) groups excluding carboxylic acids is 1. The first-order chi connectivity index (χ1) is 7.11. The topological polar surface area (TPSA) is 60.9 Å². The van der Waals surface area contributed by atoms with Gasteiger partial charge in [-0.3, -0.25) is 9.78 Å². The largest absolute Gasteiger partial charge is 0.365 e. The van der Waals surface area contributed by atoms with Crippen molar-refractivity contribution in [1.29, 1.82) is 0 Å². The lowest BCUT2D eigenvalue weighted by Crippen LogP contribution is -2.10. The van der Waals surface area contributed by atoms with Crippen molar-refractivity contribution in [2.24, 2.45) is 5.73 Å². The van der Waals surface area contributed by atoms with Gasteiger partial charge in [-0.25, -0.2) is 0 Å². The summed E-state index contributed by atoms with van der Waals surface area (Å²) < 4.78 is 2.00. The molecule has 78 valence electrons. The number of nitrogens with two attached hydrogens (primary N) is 1. The maximum Gasteiger partial charge on any atom is 0.252 e. The molecule has 0 aromatic carbocycles. The average Bonchev–Trinajstić information content (AvgIpc) is 2.56. The van der Waals surface area contributed by atoms with Crippen molar-refractivity contribution in [3.63, 3.8) is 0 Å². The molecule has 0 bridgehead atoms. The van der Waals surface area contributed by atoms with Gasteiger partial charge in [-0.15, -0.1) is 0 Å². The third-order valence-corrected chi connectivity index (χ3v) is 2.41. The molecule has 0 aliphatic rings. The highest BCUT2D eigenvalue weighted by atomic mass is 16.1. The van der Waals surface area contributed by atoms with Crippen molar-refractivity contribution in [2.75, 3.05) is 0 Å². The summed E-state index contributed by atoms with van der Waals surface area (Å²) in [4.78, 5) is 15.4. The number of hydrogen-bond acceptors (Lipinski definition) is 2. The molecule has 0 fully saturated rings. The van der Waals surface area contributed by atoms with Crippen LogP contribution < -0.4 is 5.73 Å². The van der Waals surface area contributed by atoms with E-state index in [4.69, 9.17) is 5.73 Å². The SMILES string of the molecule is CC(C)n1cc(C(N)=O)c2ncccc21. The maximum absolute atomic E-state index is 11.2. The molecular weight excluding hydrogens is 190 g/mol. The first kappa shape index (κ1) is 9.71. The van der Waals surface area contributed by atoms with E-state index in [9.17, 15) is 4.79 Å². The summed E-state index contributed by atoms with van der Waals surface area (Å²) in [5.74, 6) is -0.432. The predicted octanol–water partition coefficient (Wildman–Crippen LogP) is 1.72. The van der Waals surface area contributed by atoms with E-state index in [0.29, 0.717) is 11.1 Å². The summed E-state index contributed by atoms with van der Waals surface area (Å²) in [6.07, 6.45) is 3.43. The van der Waals surface area contributed by atoms with Crippen LogP contribution in [0.4, 0.5) is 0 Å². The van der Waals surface area contributed by atoms with Crippen LogP contribution in [0.2, 0.25) is 0 Å². The van der Waals surface area contributed by atoms with Gasteiger partial charge in [0, 0.05) is 18.4 Å². The van der Waals surface area contributed by atoms with Gasteiger partial charge < -0.3 is 10.3 Å². The zero-order valence-corrected chi connectivity index (χ0v) is 8.77. The fourth-order valence-electron chi connectivity index (χ4n) is 1.69. The smallest absolute Gasteiger partial charge is 0.252 e. The molecule has 0 atom stereocenters. The van der Waals surface area contributed by atoms with Gasteiger partial charge in [0.25, 0.3) is 5.91 Å². The monoisotopic (exact) mass is 203 g/mol. The standard InChI is InChI=1S/C11H13N3O/c1-7(2)14-6-8(11(12)15)10-9(14)4-3-5-13-10/h3-7H,1-2H3,(H2,12,15). The van der Waals surface area contributed by atoms with Gasteiger partial charge in [-0.2, -0.15) is 0 Å². The van der Waals surface area contributed by atoms with Crippen LogP contribution in [-0.4, -0.2) is 15.5 Å². The number of rotatable bonds is 2. The van der Waals surface area contributed by atoms with Crippen LogP contribution in [0.3, 0.4) is 0 Å². The number of amides is 1. The third-order valence-electron chi connectivity index (χ3n) is 2.41. The molecule has 0 saturated carbocycles. The molecular formula is C11H13N3O. The molecule has 2 rings (SSSR count). The molecule has 0 aliphatic carbocycles. The maximum atomic E-state index is 11.2. The zero-order chi connectivity index (χ0) is 11.0. The van der Waals surface area contributed by atoms with Gasteiger partial charge in [0.15, 0.2) is 0 Å². The Balaban J connectivity index is 2.79. The van der Waals surface area contributed by atoms with Gasteiger partial charge >= 0.3 is 0 Å². The summed E-state index contributed by atoms with van der Waals surface area (Å²) in [7, 11) is 0. The zero-order valence-electron chi connectivity index (χ0n) is 8.77. The van der Waals surface area contributed by atoms with Crippen molar-refractivity contribution >= 4 is 16.9 Å². The van der Waals surface area contributed by atoms with E-state index in [1.54, 1.807) is 12.4 Å².